The van der Waals surface area contributed by atoms with E-state index in [0.29, 0.717) is 0 Å². The maximum absolute atomic E-state index is 6.71. The fraction of sp³-hybridized carbons (Fsp3) is 0. The number of hydrogen-bond acceptors (Lipinski definition) is 3. The number of aromatic nitrogens is 1. The van der Waals surface area contributed by atoms with Crippen molar-refractivity contribution in [2.45, 2.75) is 0 Å². The van der Waals surface area contributed by atoms with Crippen molar-refractivity contribution in [2.75, 3.05) is 0 Å². The van der Waals surface area contributed by atoms with Crippen molar-refractivity contribution >= 4 is 87.6 Å². The van der Waals surface area contributed by atoms with Crippen molar-refractivity contribution in [1.82, 2.24) is 4.57 Å². The van der Waals surface area contributed by atoms with E-state index in [0.717, 1.165) is 110 Å². The van der Waals surface area contributed by atoms with Crippen LogP contribution in [0.1, 0.15) is 0 Å². The largest absolute Gasteiger partial charge is 0.456 e. The van der Waals surface area contributed by atoms with Gasteiger partial charge in [-0.3, -0.25) is 0 Å². The molecular weight excluding hydrogens is 639 g/mol. The molecule has 0 spiro atoms. The highest BCUT2D eigenvalue weighted by Gasteiger charge is 2.20. The lowest BCUT2D eigenvalue weighted by atomic mass is 9.96. The number of furan rings is 3. The van der Waals surface area contributed by atoms with Crippen LogP contribution < -0.4 is 0 Å². The molecule has 0 aliphatic carbocycles. The number of fused-ring (bicyclic) bond motifs is 13. The molecule has 0 aliphatic heterocycles. The van der Waals surface area contributed by atoms with Crippen LogP contribution in [0.2, 0.25) is 0 Å². The average Bonchev–Trinajstić information content (AvgIpc) is 3.96. The molecule has 8 aromatic carbocycles. The molecule has 242 valence electrons. The highest BCUT2D eigenvalue weighted by atomic mass is 16.3. The van der Waals surface area contributed by atoms with E-state index in [2.05, 4.69) is 138 Å². The van der Waals surface area contributed by atoms with Crippen LogP contribution in [0.15, 0.2) is 177 Å². The summed E-state index contributed by atoms with van der Waals surface area (Å²) in [6, 6.07) is 57.9. The van der Waals surface area contributed by atoms with E-state index in [1.54, 1.807) is 0 Å². The highest BCUT2D eigenvalue weighted by Crippen LogP contribution is 2.43. The van der Waals surface area contributed by atoms with Gasteiger partial charge in [0, 0.05) is 48.8 Å². The lowest BCUT2D eigenvalue weighted by Gasteiger charge is -2.14. The maximum atomic E-state index is 6.71. The Balaban J connectivity index is 1.18. The first kappa shape index (κ1) is 27.7. The summed E-state index contributed by atoms with van der Waals surface area (Å²) in [7, 11) is 0. The van der Waals surface area contributed by atoms with Crippen LogP contribution in [0.3, 0.4) is 0 Å². The van der Waals surface area contributed by atoms with Gasteiger partial charge >= 0.3 is 0 Å². The molecule has 52 heavy (non-hydrogen) atoms. The van der Waals surface area contributed by atoms with Crippen LogP contribution in [-0.4, -0.2) is 4.57 Å². The number of hydrogen-bond donors (Lipinski definition) is 0. The molecule has 4 heterocycles. The summed E-state index contributed by atoms with van der Waals surface area (Å²) in [4.78, 5) is 0. The Kier molecular flexibility index (Phi) is 5.47. The molecule has 4 nitrogen and oxygen atoms in total. The first-order valence-electron chi connectivity index (χ1n) is 17.6. The van der Waals surface area contributed by atoms with Crippen LogP contribution >= 0.6 is 0 Å². The van der Waals surface area contributed by atoms with Gasteiger partial charge in [0.1, 0.15) is 27.9 Å². The molecule has 0 atom stereocenters. The number of para-hydroxylation sites is 4. The molecule has 4 aromatic heterocycles. The second-order valence-electron chi connectivity index (χ2n) is 13.7. The number of nitrogens with zero attached hydrogens (tertiary/aromatic N) is 1. The second-order valence-corrected chi connectivity index (χ2v) is 13.7. The van der Waals surface area contributed by atoms with Gasteiger partial charge in [-0.15, -0.1) is 0 Å². The Bertz CT molecular complexity index is 3290. The normalized spacial score (nSPS) is 12.2. The van der Waals surface area contributed by atoms with Gasteiger partial charge < -0.3 is 17.8 Å². The Morgan fingerprint density at radius 1 is 0.308 bits per heavy atom. The van der Waals surface area contributed by atoms with Gasteiger partial charge in [-0.2, -0.15) is 0 Å². The molecule has 12 rings (SSSR count). The topological polar surface area (TPSA) is 44.4 Å². The third-order valence-electron chi connectivity index (χ3n) is 10.8. The van der Waals surface area contributed by atoms with Crippen molar-refractivity contribution in [3.63, 3.8) is 0 Å². The SMILES string of the molecule is c1ccc2c(c1)oc1ccc(-c3cc(-c4ccc5oc6ccccc6c5c4)cc(-n4c5ccccc5c5ccc6c7ccccc7oc6c54)c3)cc12. The molecule has 0 N–H and O–H groups in total. The van der Waals surface area contributed by atoms with Crippen LogP contribution in [0, 0.1) is 0 Å². The molecule has 0 radical (unpaired) electrons. The van der Waals surface area contributed by atoms with E-state index in [4.69, 9.17) is 13.3 Å². The Morgan fingerprint density at radius 3 is 1.40 bits per heavy atom. The minimum absolute atomic E-state index is 0.883. The first-order valence-corrected chi connectivity index (χ1v) is 17.6. The van der Waals surface area contributed by atoms with Crippen molar-refractivity contribution in [1.29, 1.82) is 0 Å². The van der Waals surface area contributed by atoms with Crippen molar-refractivity contribution in [3.8, 4) is 27.9 Å². The van der Waals surface area contributed by atoms with Crippen molar-refractivity contribution < 1.29 is 13.3 Å². The Morgan fingerprint density at radius 2 is 0.788 bits per heavy atom. The molecule has 12 aromatic rings. The van der Waals surface area contributed by atoms with Gasteiger partial charge in [-0.25, -0.2) is 0 Å². The molecular formula is C48H27NO3. The highest BCUT2D eigenvalue weighted by molar-refractivity contribution is 6.21. The van der Waals surface area contributed by atoms with Gasteiger partial charge in [-0.05, 0) is 95.1 Å². The summed E-state index contributed by atoms with van der Waals surface area (Å²) in [5.41, 5.74) is 13.0. The molecule has 0 saturated heterocycles. The van der Waals surface area contributed by atoms with E-state index in [-0.39, 0.29) is 0 Å². The first-order chi connectivity index (χ1) is 25.7. The minimum atomic E-state index is 0.883. The molecule has 4 heteroatoms. The fourth-order valence-electron chi connectivity index (χ4n) is 8.38. The summed E-state index contributed by atoms with van der Waals surface area (Å²) in [6.45, 7) is 0. The quantitative estimate of drug-likeness (QED) is 0.189. The maximum Gasteiger partial charge on any atom is 0.160 e. The van der Waals surface area contributed by atoms with Crippen LogP contribution in [0.4, 0.5) is 0 Å². The van der Waals surface area contributed by atoms with Gasteiger partial charge in [0.2, 0.25) is 0 Å². The molecule has 0 bridgehead atoms. The van der Waals surface area contributed by atoms with Crippen LogP contribution in [0.25, 0.3) is 116 Å². The summed E-state index contributed by atoms with van der Waals surface area (Å²) in [6.07, 6.45) is 0. The summed E-state index contributed by atoms with van der Waals surface area (Å²) < 4.78 is 21.5. The fourth-order valence-corrected chi connectivity index (χ4v) is 8.38. The van der Waals surface area contributed by atoms with Crippen LogP contribution in [-0.2, 0) is 0 Å². The van der Waals surface area contributed by atoms with Gasteiger partial charge in [0.15, 0.2) is 5.58 Å². The zero-order valence-corrected chi connectivity index (χ0v) is 27.8. The average molecular weight is 666 g/mol. The van der Waals surface area contributed by atoms with Gasteiger partial charge in [-0.1, -0.05) is 91.0 Å². The van der Waals surface area contributed by atoms with Crippen molar-refractivity contribution in [2.24, 2.45) is 0 Å². The standard InChI is InChI=1S/C48H27NO3/c1-5-13-41-33(9-1)37-19-20-38-34-10-2-8-16-44(34)52-48(38)47(37)49(41)32-24-30(28-17-21-45-39(26-28)35-11-3-6-14-42(35)50-45)23-31(25-32)29-18-22-46-40(27-29)36-12-4-7-15-43(36)51-46/h1-27H. The lowest BCUT2D eigenvalue weighted by molar-refractivity contribution is 0.668. The van der Waals surface area contributed by atoms with E-state index in [1.807, 2.05) is 30.3 Å². The third kappa shape index (κ3) is 3.86. The zero-order valence-electron chi connectivity index (χ0n) is 27.8. The monoisotopic (exact) mass is 665 g/mol. The van der Waals surface area contributed by atoms with E-state index in [9.17, 15) is 0 Å². The van der Waals surface area contributed by atoms with E-state index < -0.39 is 0 Å². The summed E-state index contributed by atoms with van der Waals surface area (Å²) in [5.74, 6) is 0. The summed E-state index contributed by atoms with van der Waals surface area (Å²) in [5, 5.41) is 9.01. The molecule has 0 amide bonds. The second kappa shape index (κ2) is 10.3. The zero-order chi connectivity index (χ0) is 33.9. The molecule has 0 saturated carbocycles. The Hall–Kier alpha value is -7.04. The Labute approximate surface area is 296 Å². The van der Waals surface area contributed by atoms with Gasteiger partial charge in [0.25, 0.3) is 0 Å². The summed E-state index contributed by atoms with van der Waals surface area (Å²) >= 11 is 0. The van der Waals surface area contributed by atoms with Crippen LogP contribution in [0.5, 0.6) is 0 Å². The van der Waals surface area contributed by atoms with E-state index in [1.165, 1.54) is 5.39 Å². The number of rotatable bonds is 3. The number of benzene rings is 8. The predicted molar refractivity (Wildman–Crippen MR) is 213 cm³/mol. The van der Waals surface area contributed by atoms with E-state index >= 15 is 0 Å². The lowest BCUT2D eigenvalue weighted by Crippen LogP contribution is -1.96. The van der Waals surface area contributed by atoms with Gasteiger partial charge in [0.05, 0.1) is 11.0 Å². The molecule has 0 unspecified atom stereocenters. The third-order valence-corrected chi connectivity index (χ3v) is 10.8. The van der Waals surface area contributed by atoms with Crippen molar-refractivity contribution in [3.05, 3.63) is 164 Å². The smallest absolute Gasteiger partial charge is 0.160 e. The molecule has 0 fully saturated rings. The molecule has 0 aliphatic rings. The predicted octanol–water partition coefficient (Wildman–Crippen LogP) is 13.8. The minimum Gasteiger partial charge on any atom is -0.456 e.